The van der Waals surface area contributed by atoms with Crippen molar-refractivity contribution in [2.24, 2.45) is 23.7 Å². The summed E-state index contributed by atoms with van der Waals surface area (Å²) < 4.78 is 0. The van der Waals surface area contributed by atoms with Crippen molar-refractivity contribution in [3.8, 4) is 78.7 Å². The molecule has 14 rings (SSSR count). The van der Waals surface area contributed by atoms with E-state index in [4.69, 9.17) is 21.5 Å². The van der Waals surface area contributed by atoms with Gasteiger partial charge in [0.25, 0.3) is 0 Å². The van der Waals surface area contributed by atoms with Crippen LogP contribution in [-0.2, 0) is 5.41 Å². The zero-order valence-corrected chi connectivity index (χ0v) is 35.5. The first-order valence-electron chi connectivity index (χ1n) is 22.9. The Kier molecular flexibility index (Phi) is 8.43. The van der Waals surface area contributed by atoms with E-state index in [1.807, 2.05) is 78.9 Å². The van der Waals surface area contributed by atoms with Crippen molar-refractivity contribution in [2.75, 3.05) is 0 Å². The van der Waals surface area contributed by atoms with Crippen molar-refractivity contribution in [3.05, 3.63) is 205 Å². The summed E-state index contributed by atoms with van der Waals surface area (Å²) in [6, 6.07) is 65.1. The van der Waals surface area contributed by atoms with Crippen LogP contribution in [0.1, 0.15) is 43.2 Å². The fourth-order valence-corrected chi connectivity index (χ4v) is 12.8. The summed E-state index contributed by atoms with van der Waals surface area (Å²) in [7, 11) is 0. The molecule has 0 atom stereocenters. The van der Waals surface area contributed by atoms with Crippen LogP contribution in [0.5, 0.6) is 0 Å². The van der Waals surface area contributed by atoms with Gasteiger partial charge in [-0.25, -0.2) is 19.8 Å². The molecule has 0 aliphatic heterocycles. The Hall–Kier alpha value is -7.48. The van der Waals surface area contributed by atoms with Crippen molar-refractivity contribution in [1.29, 1.82) is 0 Å². The predicted molar refractivity (Wildman–Crippen MR) is 259 cm³/mol. The molecule has 8 aromatic carbocycles. The smallest absolute Gasteiger partial charge is 0.195 e. The summed E-state index contributed by atoms with van der Waals surface area (Å²) in [4.78, 5) is 19.0. The van der Waals surface area contributed by atoms with E-state index < -0.39 is 0 Å². The van der Waals surface area contributed by atoms with Gasteiger partial charge in [0.05, 0.1) is 6.57 Å². The Balaban J connectivity index is 0.924. The Labute approximate surface area is 374 Å². The summed E-state index contributed by atoms with van der Waals surface area (Å²) in [5.41, 5.74) is 16.3. The first kappa shape index (κ1) is 37.1. The quantitative estimate of drug-likeness (QED) is 0.157. The van der Waals surface area contributed by atoms with Gasteiger partial charge < -0.3 is 0 Å². The maximum absolute atomic E-state index is 8.26. The normalized spacial score (nSPS) is 21.2. The van der Waals surface area contributed by atoms with E-state index >= 15 is 0 Å². The molecule has 4 heteroatoms. The monoisotopic (exact) mass is 820 g/mol. The van der Waals surface area contributed by atoms with Crippen LogP contribution in [0.4, 0.5) is 5.69 Å². The lowest BCUT2D eigenvalue weighted by Crippen LogP contribution is -2.55. The Morgan fingerprint density at radius 2 is 0.922 bits per heavy atom. The van der Waals surface area contributed by atoms with Crippen LogP contribution in [0.15, 0.2) is 182 Å². The van der Waals surface area contributed by atoms with Gasteiger partial charge in [-0.2, -0.15) is 0 Å². The first-order chi connectivity index (χ1) is 31.6. The van der Waals surface area contributed by atoms with Gasteiger partial charge in [-0.1, -0.05) is 158 Å². The molecule has 1 aromatic heterocycles. The maximum atomic E-state index is 8.26. The molecule has 4 nitrogen and oxygen atoms in total. The van der Waals surface area contributed by atoms with Gasteiger partial charge in [0, 0.05) is 22.1 Å². The number of nitrogens with zero attached hydrogens (tertiary/aromatic N) is 4. The first-order valence-corrected chi connectivity index (χ1v) is 22.9. The Bertz CT molecular complexity index is 3260. The summed E-state index contributed by atoms with van der Waals surface area (Å²) in [6.45, 7) is 8.26. The van der Waals surface area contributed by atoms with Crippen molar-refractivity contribution in [2.45, 2.75) is 37.5 Å². The lowest BCUT2D eigenvalue weighted by Gasteiger charge is -2.61. The highest BCUT2D eigenvalue weighted by Gasteiger charge is 2.61. The second-order valence-corrected chi connectivity index (χ2v) is 18.7. The van der Waals surface area contributed by atoms with E-state index in [9.17, 15) is 0 Å². The average Bonchev–Trinajstić information content (AvgIpc) is 3.65. The second kappa shape index (κ2) is 14.5. The Morgan fingerprint density at radius 3 is 1.55 bits per heavy atom. The van der Waals surface area contributed by atoms with Crippen molar-refractivity contribution in [1.82, 2.24) is 15.0 Å². The SMILES string of the molecule is [C-]#[N+]c1cc(-c2cccc3c2-c2cc(-c4ccc5cc(-c6nc(-c7ccccc7)nc(-c7ccccc7)n6)ccc5c4)ccc2C32C3CC4CC(C3)CC2C4)ccc1-c1ccccc1. The standard InChI is InChI=1S/C60H44N4/c1-61-55-36-46(24-26-50(55)39-12-5-2-6-13-39)51-18-11-19-54-56(51)52-35-45(25-27-53(52)60(54)48-29-37-28-38(31-48)32-49(60)30-37)43-20-21-44-34-47(23-22-42(44)33-43)59-63-57(40-14-7-3-8-15-40)62-58(64-59)41-16-9-4-10-17-41/h2-27,33-38,48-49H,28-32H2. The highest BCUT2D eigenvalue weighted by atomic mass is 15.0. The molecule has 5 aliphatic carbocycles. The number of rotatable bonds is 6. The van der Waals surface area contributed by atoms with Gasteiger partial charge in [-0.15, -0.1) is 0 Å². The van der Waals surface area contributed by atoms with Gasteiger partial charge >= 0.3 is 0 Å². The fourth-order valence-electron chi connectivity index (χ4n) is 12.8. The zero-order valence-electron chi connectivity index (χ0n) is 35.5. The third-order valence-electron chi connectivity index (χ3n) is 15.3. The molecule has 4 fully saturated rings. The van der Waals surface area contributed by atoms with Gasteiger partial charge in [0.15, 0.2) is 23.2 Å². The molecule has 0 saturated heterocycles. The molecule has 0 N–H and O–H groups in total. The third-order valence-corrected chi connectivity index (χ3v) is 15.3. The van der Waals surface area contributed by atoms with Gasteiger partial charge in [0.2, 0.25) is 0 Å². The fraction of sp³-hybridized carbons (Fsp3) is 0.167. The van der Waals surface area contributed by atoms with E-state index in [0.717, 1.165) is 50.6 Å². The Morgan fingerprint density at radius 1 is 0.391 bits per heavy atom. The maximum Gasteiger partial charge on any atom is 0.195 e. The summed E-state index contributed by atoms with van der Waals surface area (Å²) in [5, 5.41) is 2.31. The van der Waals surface area contributed by atoms with Gasteiger partial charge in [-0.05, 0) is 146 Å². The van der Waals surface area contributed by atoms with Crippen LogP contribution in [0.25, 0.3) is 94.3 Å². The molecule has 1 spiro atoms. The number of aromatic nitrogens is 3. The minimum absolute atomic E-state index is 0.0365. The third kappa shape index (κ3) is 5.77. The molecule has 0 radical (unpaired) electrons. The second-order valence-electron chi connectivity index (χ2n) is 18.7. The van der Waals surface area contributed by atoms with E-state index in [2.05, 4.69) is 108 Å². The number of hydrogen-bond acceptors (Lipinski definition) is 3. The molecular weight excluding hydrogens is 777 g/mol. The van der Waals surface area contributed by atoms with Crippen molar-refractivity contribution < 1.29 is 0 Å². The van der Waals surface area contributed by atoms with Crippen LogP contribution >= 0.6 is 0 Å². The van der Waals surface area contributed by atoms with Crippen LogP contribution in [0.3, 0.4) is 0 Å². The highest BCUT2D eigenvalue weighted by Crippen LogP contribution is 2.70. The minimum Gasteiger partial charge on any atom is -0.237 e. The van der Waals surface area contributed by atoms with Crippen LogP contribution < -0.4 is 0 Å². The molecule has 5 aliphatic rings. The molecule has 4 saturated carbocycles. The average molecular weight is 821 g/mol. The zero-order chi connectivity index (χ0) is 42.4. The molecule has 0 unspecified atom stereocenters. The van der Waals surface area contributed by atoms with E-state index in [1.54, 1.807) is 0 Å². The summed E-state index contributed by atoms with van der Waals surface area (Å²) in [5.74, 6) is 5.04. The molecular formula is C60H44N4. The van der Waals surface area contributed by atoms with E-state index in [1.165, 1.54) is 76.4 Å². The number of benzene rings is 8. The van der Waals surface area contributed by atoms with Crippen LogP contribution in [0, 0.1) is 30.2 Å². The lowest BCUT2D eigenvalue weighted by molar-refractivity contribution is -0.0399. The van der Waals surface area contributed by atoms with Gasteiger partial charge in [0.1, 0.15) is 0 Å². The molecule has 4 bridgehead atoms. The van der Waals surface area contributed by atoms with E-state index in [-0.39, 0.29) is 5.41 Å². The lowest BCUT2D eigenvalue weighted by atomic mass is 9.43. The van der Waals surface area contributed by atoms with Crippen molar-refractivity contribution >= 4 is 16.5 Å². The molecule has 9 aromatic rings. The van der Waals surface area contributed by atoms with Gasteiger partial charge in [-0.3, -0.25) is 0 Å². The molecule has 64 heavy (non-hydrogen) atoms. The summed E-state index contributed by atoms with van der Waals surface area (Å²) >= 11 is 0. The molecule has 1 heterocycles. The number of hydrogen-bond donors (Lipinski definition) is 0. The molecule has 0 amide bonds. The topological polar surface area (TPSA) is 43.0 Å². The summed E-state index contributed by atoms with van der Waals surface area (Å²) in [6.07, 6.45) is 6.78. The van der Waals surface area contributed by atoms with Crippen molar-refractivity contribution in [3.63, 3.8) is 0 Å². The van der Waals surface area contributed by atoms with Crippen LogP contribution in [0.2, 0.25) is 0 Å². The predicted octanol–water partition coefficient (Wildman–Crippen LogP) is 15.3. The minimum atomic E-state index is 0.0365. The highest BCUT2D eigenvalue weighted by molar-refractivity contribution is 5.97. The van der Waals surface area contributed by atoms with E-state index in [0.29, 0.717) is 35.0 Å². The van der Waals surface area contributed by atoms with Crippen LogP contribution in [-0.4, -0.2) is 15.0 Å². The molecule has 304 valence electrons. The largest absolute Gasteiger partial charge is 0.237 e. The number of fused-ring (bicyclic) bond motifs is 4.